The van der Waals surface area contributed by atoms with Crippen LogP contribution in [0.25, 0.3) is 0 Å². The van der Waals surface area contributed by atoms with Crippen LogP contribution in [0.3, 0.4) is 0 Å². The maximum Gasteiger partial charge on any atom is 0.0317 e. The summed E-state index contributed by atoms with van der Waals surface area (Å²) in [6, 6.07) is 17.7. The summed E-state index contributed by atoms with van der Waals surface area (Å²) in [6.07, 6.45) is 2.40. The fraction of sp³-hybridized carbons (Fsp3) is 0.455. The number of nitrogens with zero attached hydrogens (tertiary/aromatic N) is 1. The lowest BCUT2D eigenvalue weighted by molar-refractivity contribution is 0.151. The topological polar surface area (TPSA) is 41.3 Å². The third-order valence-corrected chi connectivity index (χ3v) is 5.07. The Morgan fingerprint density at radius 2 is 1.92 bits per heavy atom. The van der Waals surface area contributed by atoms with Gasteiger partial charge in [-0.15, -0.1) is 0 Å². The Morgan fingerprint density at radius 3 is 2.68 bits per heavy atom. The van der Waals surface area contributed by atoms with E-state index >= 15 is 0 Å². The third-order valence-electron chi connectivity index (χ3n) is 5.07. The van der Waals surface area contributed by atoms with Crippen LogP contribution in [-0.4, -0.2) is 24.0 Å². The maximum atomic E-state index is 6.00. The third kappa shape index (κ3) is 5.07. The van der Waals surface area contributed by atoms with Gasteiger partial charge in [0, 0.05) is 37.9 Å². The molecule has 0 amide bonds. The molecule has 1 heterocycles. The molecule has 0 bridgehead atoms. The summed E-state index contributed by atoms with van der Waals surface area (Å²) < 4.78 is 0. The lowest BCUT2D eigenvalue weighted by atomic mass is 9.89. The molecule has 1 aliphatic heterocycles. The largest absolute Gasteiger partial charge is 0.399 e. The van der Waals surface area contributed by atoms with E-state index in [2.05, 4.69) is 66.5 Å². The molecule has 0 radical (unpaired) electrons. The molecular formula is C22H31N3. The Hall–Kier alpha value is -1.84. The standard InChI is InChI=1S/C22H31N3/c1-17(2)12-22-14-19-8-9-21(23)13-20(19)16-25(22)11-10-24-15-18-6-4-3-5-7-18/h3-9,13,17,22,24H,10-12,14-16,23H2,1-2H3. The summed E-state index contributed by atoms with van der Waals surface area (Å²) in [7, 11) is 0. The summed E-state index contributed by atoms with van der Waals surface area (Å²) in [5.74, 6) is 0.722. The molecule has 2 aromatic rings. The Labute approximate surface area is 152 Å². The summed E-state index contributed by atoms with van der Waals surface area (Å²) in [6.45, 7) is 8.70. The number of rotatable bonds is 7. The van der Waals surface area contributed by atoms with Crippen LogP contribution in [0.2, 0.25) is 0 Å². The zero-order chi connectivity index (χ0) is 17.6. The molecule has 0 spiro atoms. The highest BCUT2D eigenvalue weighted by molar-refractivity contribution is 5.45. The van der Waals surface area contributed by atoms with E-state index in [-0.39, 0.29) is 0 Å². The smallest absolute Gasteiger partial charge is 0.0317 e. The number of nitrogen functional groups attached to an aromatic ring is 1. The van der Waals surface area contributed by atoms with E-state index in [4.69, 9.17) is 5.73 Å². The molecule has 2 aromatic carbocycles. The van der Waals surface area contributed by atoms with Gasteiger partial charge in [0.1, 0.15) is 0 Å². The molecule has 0 saturated carbocycles. The molecule has 3 heteroatoms. The quantitative estimate of drug-likeness (QED) is 0.596. The highest BCUT2D eigenvalue weighted by Crippen LogP contribution is 2.28. The Morgan fingerprint density at radius 1 is 1.12 bits per heavy atom. The van der Waals surface area contributed by atoms with Crippen molar-refractivity contribution in [1.29, 1.82) is 0 Å². The van der Waals surface area contributed by atoms with Gasteiger partial charge in [0.25, 0.3) is 0 Å². The van der Waals surface area contributed by atoms with Crippen LogP contribution < -0.4 is 11.1 Å². The van der Waals surface area contributed by atoms with Gasteiger partial charge in [-0.25, -0.2) is 0 Å². The Bertz CT molecular complexity index is 666. The van der Waals surface area contributed by atoms with E-state index < -0.39 is 0 Å². The molecule has 1 aliphatic rings. The van der Waals surface area contributed by atoms with Crippen LogP contribution in [0.15, 0.2) is 48.5 Å². The fourth-order valence-corrected chi connectivity index (χ4v) is 3.81. The van der Waals surface area contributed by atoms with Crippen LogP contribution in [-0.2, 0) is 19.5 Å². The summed E-state index contributed by atoms with van der Waals surface area (Å²) in [5.41, 5.74) is 11.1. The molecule has 0 aliphatic carbocycles. The van der Waals surface area contributed by atoms with Gasteiger partial charge in [0.05, 0.1) is 0 Å². The number of hydrogen-bond donors (Lipinski definition) is 2. The van der Waals surface area contributed by atoms with E-state index in [1.807, 2.05) is 6.07 Å². The second-order valence-electron chi connectivity index (χ2n) is 7.65. The predicted octanol–water partition coefficient (Wildman–Crippen LogP) is 3.83. The molecule has 1 unspecified atom stereocenters. The SMILES string of the molecule is CC(C)CC1Cc2ccc(N)cc2CN1CCNCc1ccccc1. The minimum absolute atomic E-state index is 0.634. The summed E-state index contributed by atoms with van der Waals surface area (Å²) in [5, 5.41) is 3.59. The van der Waals surface area contributed by atoms with Gasteiger partial charge in [-0.2, -0.15) is 0 Å². The van der Waals surface area contributed by atoms with Crippen molar-refractivity contribution < 1.29 is 0 Å². The second-order valence-corrected chi connectivity index (χ2v) is 7.65. The minimum atomic E-state index is 0.634. The number of nitrogens with two attached hydrogens (primary N) is 1. The predicted molar refractivity (Wildman–Crippen MR) is 106 cm³/mol. The number of fused-ring (bicyclic) bond motifs is 1. The van der Waals surface area contributed by atoms with Crippen molar-refractivity contribution in [1.82, 2.24) is 10.2 Å². The van der Waals surface area contributed by atoms with Crippen LogP contribution in [0, 0.1) is 5.92 Å². The van der Waals surface area contributed by atoms with Gasteiger partial charge in [-0.3, -0.25) is 4.90 Å². The molecule has 25 heavy (non-hydrogen) atoms. The van der Waals surface area contributed by atoms with Crippen molar-refractivity contribution in [2.75, 3.05) is 18.8 Å². The van der Waals surface area contributed by atoms with Gasteiger partial charge in [-0.1, -0.05) is 50.2 Å². The highest BCUT2D eigenvalue weighted by atomic mass is 15.2. The van der Waals surface area contributed by atoms with Gasteiger partial charge < -0.3 is 11.1 Å². The first-order chi connectivity index (χ1) is 12.1. The van der Waals surface area contributed by atoms with E-state index in [1.165, 1.54) is 23.1 Å². The number of anilines is 1. The van der Waals surface area contributed by atoms with Gasteiger partial charge in [0.15, 0.2) is 0 Å². The fourth-order valence-electron chi connectivity index (χ4n) is 3.81. The molecule has 0 fully saturated rings. The zero-order valence-electron chi connectivity index (χ0n) is 15.5. The van der Waals surface area contributed by atoms with Crippen molar-refractivity contribution in [3.05, 3.63) is 65.2 Å². The van der Waals surface area contributed by atoms with E-state index in [0.29, 0.717) is 6.04 Å². The second kappa shape index (κ2) is 8.50. The molecule has 3 rings (SSSR count). The van der Waals surface area contributed by atoms with Crippen molar-refractivity contribution in [2.45, 2.75) is 45.8 Å². The highest BCUT2D eigenvalue weighted by Gasteiger charge is 2.26. The number of benzene rings is 2. The van der Waals surface area contributed by atoms with E-state index in [1.54, 1.807) is 0 Å². The van der Waals surface area contributed by atoms with Gasteiger partial charge in [0.2, 0.25) is 0 Å². The van der Waals surface area contributed by atoms with Crippen molar-refractivity contribution in [2.24, 2.45) is 5.92 Å². The van der Waals surface area contributed by atoms with Gasteiger partial charge in [-0.05, 0) is 47.6 Å². The monoisotopic (exact) mass is 337 g/mol. The van der Waals surface area contributed by atoms with Crippen LogP contribution in [0.5, 0.6) is 0 Å². The molecule has 3 nitrogen and oxygen atoms in total. The number of nitrogens with one attached hydrogen (secondary N) is 1. The van der Waals surface area contributed by atoms with Crippen molar-refractivity contribution in [3.8, 4) is 0 Å². The molecule has 134 valence electrons. The number of hydrogen-bond acceptors (Lipinski definition) is 3. The van der Waals surface area contributed by atoms with Crippen molar-refractivity contribution >= 4 is 5.69 Å². The Balaban J connectivity index is 1.59. The van der Waals surface area contributed by atoms with E-state index in [0.717, 1.165) is 44.2 Å². The lowest BCUT2D eigenvalue weighted by Crippen LogP contribution is -2.44. The molecule has 1 atom stereocenters. The van der Waals surface area contributed by atoms with Crippen LogP contribution in [0.1, 0.15) is 37.0 Å². The normalized spacial score (nSPS) is 17.6. The average molecular weight is 338 g/mol. The van der Waals surface area contributed by atoms with Crippen LogP contribution in [0.4, 0.5) is 5.69 Å². The average Bonchev–Trinajstić information content (AvgIpc) is 2.59. The first kappa shape index (κ1) is 18.0. The minimum Gasteiger partial charge on any atom is -0.399 e. The Kier molecular flexibility index (Phi) is 6.11. The van der Waals surface area contributed by atoms with E-state index in [9.17, 15) is 0 Å². The first-order valence-electron chi connectivity index (χ1n) is 9.48. The van der Waals surface area contributed by atoms with Gasteiger partial charge >= 0.3 is 0 Å². The summed E-state index contributed by atoms with van der Waals surface area (Å²) in [4.78, 5) is 2.64. The first-order valence-corrected chi connectivity index (χ1v) is 9.48. The lowest BCUT2D eigenvalue weighted by Gasteiger charge is -2.38. The van der Waals surface area contributed by atoms with Crippen molar-refractivity contribution in [3.63, 3.8) is 0 Å². The zero-order valence-corrected chi connectivity index (χ0v) is 15.5. The maximum absolute atomic E-state index is 6.00. The summed E-state index contributed by atoms with van der Waals surface area (Å²) >= 11 is 0. The molecule has 0 aromatic heterocycles. The van der Waals surface area contributed by atoms with Crippen LogP contribution >= 0.6 is 0 Å². The molecule has 3 N–H and O–H groups in total. The molecule has 0 saturated heterocycles. The molecular weight excluding hydrogens is 306 g/mol.